The SMILES string of the molecule is CCc1ccc(C(=O)Oc2ccccc2)c(C(C)(C)C)c1.NC(=O)c1ccccc1. The van der Waals surface area contributed by atoms with Crippen LogP contribution in [0.4, 0.5) is 0 Å². The maximum Gasteiger partial charge on any atom is 0.343 e. The van der Waals surface area contributed by atoms with Gasteiger partial charge in [0.1, 0.15) is 5.75 Å². The molecular formula is C26H29NO3. The lowest BCUT2D eigenvalue weighted by molar-refractivity contribution is 0.0732. The Labute approximate surface area is 178 Å². The van der Waals surface area contributed by atoms with Crippen molar-refractivity contribution in [3.63, 3.8) is 0 Å². The van der Waals surface area contributed by atoms with Gasteiger partial charge in [0.15, 0.2) is 0 Å². The molecule has 0 aliphatic rings. The fraction of sp³-hybridized carbons (Fsp3) is 0.231. The second-order valence-electron chi connectivity index (χ2n) is 7.92. The van der Waals surface area contributed by atoms with Crippen LogP contribution in [0.15, 0.2) is 78.9 Å². The number of hydrogen-bond acceptors (Lipinski definition) is 3. The van der Waals surface area contributed by atoms with Crippen LogP contribution in [0, 0.1) is 0 Å². The third-order valence-electron chi connectivity index (χ3n) is 4.53. The standard InChI is InChI=1S/C19H22O2.C7H7NO/c1-5-14-11-12-16(17(13-14)19(2,3)4)18(20)21-15-9-7-6-8-10-15;8-7(9)6-4-2-1-3-5-6/h6-13H,5H2,1-4H3;1-5H,(H2,8,9). The zero-order chi connectivity index (χ0) is 22.1. The number of esters is 1. The van der Waals surface area contributed by atoms with Crippen molar-refractivity contribution in [3.8, 4) is 5.75 Å². The van der Waals surface area contributed by atoms with Crippen molar-refractivity contribution in [2.24, 2.45) is 5.73 Å². The Bertz CT molecular complexity index is 974. The van der Waals surface area contributed by atoms with E-state index in [9.17, 15) is 9.59 Å². The van der Waals surface area contributed by atoms with E-state index in [0.717, 1.165) is 12.0 Å². The van der Waals surface area contributed by atoms with Crippen LogP contribution >= 0.6 is 0 Å². The molecule has 4 heteroatoms. The van der Waals surface area contributed by atoms with Gasteiger partial charge >= 0.3 is 5.97 Å². The van der Waals surface area contributed by atoms with Gasteiger partial charge in [-0.05, 0) is 53.3 Å². The number of nitrogens with two attached hydrogens (primary N) is 1. The second-order valence-corrected chi connectivity index (χ2v) is 7.92. The van der Waals surface area contributed by atoms with Gasteiger partial charge in [0, 0.05) is 5.56 Å². The van der Waals surface area contributed by atoms with Gasteiger partial charge in [-0.2, -0.15) is 0 Å². The highest BCUT2D eigenvalue weighted by Crippen LogP contribution is 2.28. The van der Waals surface area contributed by atoms with Crippen molar-refractivity contribution in [1.29, 1.82) is 0 Å². The first-order valence-electron chi connectivity index (χ1n) is 9.98. The molecule has 0 aliphatic heterocycles. The fourth-order valence-corrected chi connectivity index (χ4v) is 2.86. The summed E-state index contributed by atoms with van der Waals surface area (Å²) in [6.45, 7) is 8.45. The molecule has 0 aliphatic carbocycles. The Kier molecular flexibility index (Phi) is 7.93. The van der Waals surface area contributed by atoms with Gasteiger partial charge in [0.2, 0.25) is 5.91 Å². The average molecular weight is 404 g/mol. The molecule has 2 N–H and O–H groups in total. The van der Waals surface area contributed by atoms with Crippen molar-refractivity contribution < 1.29 is 14.3 Å². The summed E-state index contributed by atoms with van der Waals surface area (Å²) < 4.78 is 5.47. The van der Waals surface area contributed by atoms with Crippen LogP contribution < -0.4 is 10.5 Å². The molecule has 3 aromatic carbocycles. The zero-order valence-corrected chi connectivity index (χ0v) is 18.0. The molecule has 0 saturated carbocycles. The van der Waals surface area contributed by atoms with Gasteiger partial charge in [-0.1, -0.05) is 76.2 Å². The molecule has 0 atom stereocenters. The summed E-state index contributed by atoms with van der Waals surface area (Å²) in [5.41, 5.74) is 8.33. The van der Waals surface area contributed by atoms with E-state index in [1.54, 1.807) is 36.4 Å². The van der Waals surface area contributed by atoms with E-state index in [1.165, 1.54) is 5.56 Å². The number of amides is 1. The van der Waals surface area contributed by atoms with Crippen molar-refractivity contribution in [2.45, 2.75) is 39.5 Å². The molecule has 0 fully saturated rings. The van der Waals surface area contributed by atoms with E-state index in [1.807, 2.05) is 36.4 Å². The average Bonchev–Trinajstić information content (AvgIpc) is 2.74. The first-order chi connectivity index (χ1) is 14.2. The Morgan fingerprint density at radius 2 is 1.43 bits per heavy atom. The van der Waals surface area contributed by atoms with E-state index < -0.39 is 0 Å². The maximum atomic E-state index is 12.5. The number of aryl methyl sites for hydroxylation is 1. The molecular weight excluding hydrogens is 374 g/mol. The smallest absolute Gasteiger partial charge is 0.343 e. The molecule has 3 aromatic rings. The molecule has 156 valence electrons. The number of rotatable bonds is 4. The van der Waals surface area contributed by atoms with Crippen molar-refractivity contribution in [1.82, 2.24) is 0 Å². The lowest BCUT2D eigenvalue weighted by Gasteiger charge is -2.23. The number of benzene rings is 3. The van der Waals surface area contributed by atoms with Crippen LogP contribution in [0.3, 0.4) is 0 Å². The normalized spacial score (nSPS) is 10.5. The molecule has 0 heterocycles. The van der Waals surface area contributed by atoms with Gasteiger partial charge < -0.3 is 10.5 Å². The molecule has 4 nitrogen and oxygen atoms in total. The molecule has 0 radical (unpaired) electrons. The Hall–Kier alpha value is -3.40. The predicted octanol–water partition coefficient (Wildman–Crippen LogP) is 5.55. The number of para-hydroxylation sites is 1. The summed E-state index contributed by atoms with van der Waals surface area (Å²) >= 11 is 0. The topological polar surface area (TPSA) is 69.4 Å². The minimum atomic E-state index is -0.379. The third-order valence-corrected chi connectivity index (χ3v) is 4.53. The van der Waals surface area contributed by atoms with Crippen molar-refractivity contribution >= 4 is 11.9 Å². The van der Waals surface area contributed by atoms with Crippen LogP contribution in [-0.4, -0.2) is 11.9 Å². The molecule has 0 bridgehead atoms. The predicted molar refractivity (Wildman–Crippen MR) is 121 cm³/mol. The molecule has 1 amide bonds. The van der Waals surface area contributed by atoms with Crippen LogP contribution in [0.5, 0.6) is 5.75 Å². The quantitative estimate of drug-likeness (QED) is 0.458. The minimum Gasteiger partial charge on any atom is -0.423 e. The van der Waals surface area contributed by atoms with Crippen LogP contribution in [0.2, 0.25) is 0 Å². The fourth-order valence-electron chi connectivity index (χ4n) is 2.86. The minimum absolute atomic E-state index is 0.101. The molecule has 0 spiro atoms. The Morgan fingerprint density at radius 3 is 1.90 bits per heavy atom. The molecule has 30 heavy (non-hydrogen) atoms. The van der Waals surface area contributed by atoms with E-state index in [4.69, 9.17) is 10.5 Å². The van der Waals surface area contributed by atoms with E-state index in [-0.39, 0.29) is 17.3 Å². The largest absolute Gasteiger partial charge is 0.423 e. The summed E-state index contributed by atoms with van der Waals surface area (Å²) in [5, 5.41) is 0. The summed E-state index contributed by atoms with van der Waals surface area (Å²) in [6, 6.07) is 23.9. The summed E-state index contributed by atoms with van der Waals surface area (Å²) in [4.78, 5) is 22.9. The van der Waals surface area contributed by atoms with E-state index in [0.29, 0.717) is 16.9 Å². The van der Waals surface area contributed by atoms with Crippen LogP contribution in [-0.2, 0) is 11.8 Å². The van der Waals surface area contributed by atoms with Crippen LogP contribution in [0.1, 0.15) is 59.5 Å². The van der Waals surface area contributed by atoms with Crippen molar-refractivity contribution in [3.05, 3.63) is 101 Å². The molecule has 0 unspecified atom stereocenters. The Balaban J connectivity index is 0.000000297. The number of hydrogen-bond donors (Lipinski definition) is 1. The monoisotopic (exact) mass is 403 g/mol. The number of carbonyl (C=O) groups is 2. The summed E-state index contributed by atoms with van der Waals surface area (Å²) in [6.07, 6.45) is 0.955. The first-order valence-corrected chi connectivity index (χ1v) is 9.98. The molecule has 0 saturated heterocycles. The van der Waals surface area contributed by atoms with Crippen LogP contribution in [0.25, 0.3) is 0 Å². The van der Waals surface area contributed by atoms with Crippen molar-refractivity contribution in [2.75, 3.05) is 0 Å². The Morgan fingerprint density at radius 1 is 0.867 bits per heavy atom. The van der Waals surface area contributed by atoms with Gasteiger partial charge in [-0.15, -0.1) is 0 Å². The second kappa shape index (κ2) is 10.4. The highest BCUT2D eigenvalue weighted by atomic mass is 16.5. The lowest BCUT2D eigenvalue weighted by Crippen LogP contribution is -2.20. The summed E-state index contributed by atoms with van der Waals surface area (Å²) in [7, 11) is 0. The van der Waals surface area contributed by atoms with E-state index in [2.05, 4.69) is 33.8 Å². The highest BCUT2D eigenvalue weighted by Gasteiger charge is 2.23. The highest BCUT2D eigenvalue weighted by molar-refractivity contribution is 5.93. The number of ether oxygens (including phenoxy) is 1. The number of primary amides is 1. The molecule has 3 rings (SSSR count). The number of carbonyl (C=O) groups excluding carboxylic acids is 2. The van der Waals surface area contributed by atoms with E-state index >= 15 is 0 Å². The summed E-state index contributed by atoms with van der Waals surface area (Å²) in [5.74, 6) is -0.105. The van der Waals surface area contributed by atoms with Gasteiger partial charge in [0.25, 0.3) is 0 Å². The maximum absolute atomic E-state index is 12.5. The molecule has 0 aromatic heterocycles. The zero-order valence-electron chi connectivity index (χ0n) is 18.0. The lowest BCUT2D eigenvalue weighted by atomic mass is 9.82. The first kappa shape index (κ1) is 22.9. The van der Waals surface area contributed by atoms with Gasteiger partial charge in [-0.25, -0.2) is 4.79 Å². The van der Waals surface area contributed by atoms with Gasteiger partial charge in [0.05, 0.1) is 5.56 Å². The third kappa shape index (κ3) is 6.59. The van der Waals surface area contributed by atoms with Gasteiger partial charge in [-0.3, -0.25) is 4.79 Å².